The Hall–Kier alpha value is -3.19. The fourth-order valence-corrected chi connectivity index (χ4v) is 3.30. The number of anilines is 1. The summed E-state index contributed by atoms with van der Waals surface area (Å²) in [6.07, 6.45) is 3.82. The molecule has 9 nitrogen and oxygen atoms in total. The highest BCUT2D eigenvalue weighted by Gasteiger charge is 2.15. The number of rotatable bonds is 6. The van der Waals surface area contributed by atoms with Crippen LogP contribution in [0.1, 0.15) is 32.8 Å². The van der Waals surface area contributed by atoms with E-state index in [2.05, 4.69) is 34.9 Å². The van der Waals surface area contributed by atoms with Gasteiger partial charge in [0.05, 0.1) is 5.52 Å². The van der Waals surface area contributed by atoms with Crippen molar-refractivity contribution in [1.82, 2.24) is 15.3 Å². The lowest BCUT2D eigenvalue weighted by atomic mass is 10.1. The van der Waals surface area contributed by atoms with Crippen LogP contribution in [0.15, 0.2) is 46.5 Å². The highest BCUT2D eigenvalue weighted by molar-refractivity contribution is 7.15. The van der Waals surface area contributed by atoms with Crippen molar-refractivity contribution < 1.29 is 9.53 Å². The van der Waals surface area contributed by atoms with E-state index in [1.54, 1.807) is 6.20 Å². The number of hydrogen-bond acceptors (Lipinski definition) is 7. The number of hydrogen-bond donors (Lipinski definition) is 3. The van der Waals surface area contributed by atoms with E-state index in [9.17, 15) is 4.79 Å². The van der Waals surface area contributed by atoms with Crippen LogP contribution in [0, 0.1) is 5.53 Å². The summed E-state index contributed by atoms with van der Waals surface area (Å²) in [6, 6.07) is 7.59. The minimum Gasteiger partial charge on any atom is -0.444 e. The van der Waals surface area contributed by atoms with Gasteiger partial charge in [-0.2, -0.15) is 0 Å². The first-order valence-electron chi connectivity index (χ1n) is 9.86. The molecule has 10 heteroatoms. The summed E-state index contributed by atoms with van der Waals surface area (Å²) in [5, 5.41) is 12.4. The summed E-state index contributed by atoms with van der Waals surface area (Å²) in [6.45, 7) is 6.59. The van der Waals surface area contributed by atoms with Gasteiger partial charge in [0, 0.05) is 47.2 Å². The first-order chi connectivity index (χ1) is 14.8. The topological polar surface area (TPSA) is 125 Å². The van der Waals surface area contributed by atoms with Gasteiger partial charge in [0.1, 0.15) is 11.4 Å². The minimum atomic E-state index is -0.516. The molecule has 0 radical (unpaired) electrons. The first-order valence-corrected chi connectivity index (χ1v) is 10.4. The lowest BCUT2D eigenvalue weighted by Gasteiger charge is -2.19. The largest absolute Gasteiger partial charge is 0.444 e. The maximum atomic E-state index is 11.7. The molecule has 2 aromatic heterocycles. The predicted molar refractivity (Wildman–Crippen MR) is 126 cm³/mol. The molecule has 0 bridgehead atoms. The van der Waals surface area contributed by atoms with E-state index in [1.807, 2.05) is 51.2 Å². The minimum absolute atomic E-state index is 0.308. The van der Waals surface area contributed by atoms with Gasteiger partial charge in [0.25, 0.3) is 0 Å². The van der Waals surface area contributed by atoms with Crippen molar-refractivity contribution in [3.05, 3.63) is 42.2 Å². The second kappa shape index (κ2) is 9.75. The molecule has 1 amide bonds. The van der Waals surface area contributed by atoms with E-state index in [1.165, 1.54) is 0 Å². The Morgan fingerprint density at radius 1 is 1.19 bits per heavy atom. The van der Waals surface area contributed by atoms with Crippen LogP contribution in [-0.2, 0) is 4.74 Å². The molecule has 1 aromatic carbocycles. The molecule has 31 heavy (non-hydrogen) atoms. The Morgan fingerprint density at radius 2 is 2.00 bits per heavy atom. The number of benzene rings is 1. The zero-order valence-corrected chi connectivity index (χ0v) is 18.9. The number of aromatic nitrogens is 2. The van der Waals surface area contributed by atoms with E-state index in [0.29, 0.717) is 30.9 Å². The van der Waals surface area contributed by atoms with E-state index < -0.39 is 11.7 Å². The molecule has 0 spiro atoms. The molecule has 1 unspecified atom stereocenters. The monoisotopic (exact) mass is 439 g/mol. The van der Waals surface area contributed by atoms with Gasteiger partial charge < -0.3 is 15.4 Å². The van der Waals surface area contributed by atoms with Gasteiger partial charge in [-0.25, -0.2) is 20.1 Å². The number of pyridine rings is 2. The van der Waals surface area contributed by atoms with E-state index >= 15 is 0 Å². The molecule has 3 rings (SSSR count). The van der Waals surface area contributed by atoms with Crippen LogP contribution in [0.25, 0.3) is 21.7 Å². The molecule has 0 aliphatic carbocycles. The lowest BCUT2D eigenvalue weighted by molar-refractivity contribution is 0.0528. The third kappa shape index (κ3) is 5.70. The van der Waals surface area contributed by atoms with Gasteiger partial charge in [0.15, 0.2) is 5.84 Å². The Bertz CT molecular complexity index is 1140. The number of carbonyl (C=O) groups excluding carboxylic acids is 1. The van der Waals surface area contributed by atoms with Crippen LogP contribution in [0.3, 0.4) is 0 Å². The maximum absolute atomic E-state index is 11.7. The Labute approximate surface area is 182 Å². The van der Waals surface area contributed by atoms with E-state index in [4.69, 9.17) is 15.3 Å². The van der Waals surface area contributed by atoms with Gasteiger partial charge in [0.2, 0.25) is 0 Å². The predicted octanol–water partition coefficient (Wildman–Crippen LogP) is 4.68. The fraction of sp³-hybridized carbons (Fsp3) is 0.333. The second-order valence-corrected chi connectivity index (χ2v) is 8.15. The molecule has 1 atom stereocenters. The van der Waals surface area contributed by atoms with Gasteiger partial charge in [-0.1, -0.05) is 12.1 Å². The van der Waals surface area contributed by atoms with Crippen molar-refractivity contribution >= 4 is 48.8 Å². The van der Waals surface area contributed by atoms with Crippen molar-refractivity contribution in [3.8, 4) is 0 Å². The SMILES string of the molecule is CC(C)(C)OC(=O)NCCCNc1nc2cc(/C(N=N)=N/P)ccc2c2cnccc12. The zero-order chi connectivity index (χ0) is 22.4. The van der Waals surface area contributed by atoms with Crippen LogP contribution < -0.4 is 10.6 Å². The van der Waals surface area contributed by atoms with Crippen LogP contribution in [0.2, 0.25) is 0 Å². The van der Waals surface area contributed by atoms with Crippen LogP contribution in [0.5, 0.6) is 0 Å². The molecular formula is C21H26N7O2P. The second-order valence-electron chi connectivity index (χ2n) is 7.89. The number of amides is 1. The summed E-state index contributed by atoms with van der Waals surface area (Å²) in [4.78, 5) is 20.8. The molecular weight excluding hydrogens is 413 g/mol. The number of alkyl carbamates (subject to hydrolysis) is 1. The smallest absolute Gasteiger partial charge is 0.407 e. The summed E-state index contributed by atoms with van der Waals surface area (Å²) in [7, 11) is 2.22. The number of nitrogens with zero attached hydrogens (tertiary/aromatic N) is 4. The van der Waals surface area contributed by atoms with Crippen molar-refractivity contribution in [3.63, 3.8) is 0 Å². The molecule has 3 aromatic rings. The van der Waals surface area contributed by atoms with Crippen molar-refractivity contribution in [2.45, 2.75) is 32.8 Å². The molecule has 3 N–H and O–H groups in total. The number of carbonyl (C=O) groups is 1. The number of fused-ring (bicyclic) bond motifs is 3. The lowest BCUT2D eigenvalue weighted by Crippen LogP contribution is -2.33. The van der Waals surface area contributed by atoms with Crippen LogP contribution in [-0.4, -0.2) is 40.6 Å². The molecule has 0 aliphatic heterocycles. The van der Waals surface area contributed by atoms with Crippen LogP contribution >= 0.6 is 9.39 Å². The van der Waals surface area contributed by atoms with Gasteiger partial charge in [-0.3, -0.25) is 4.98 Å². The molecule has 0 saturated carbocycles. The van der Waals surface area contributed by atoms with Crippen molar-refractivity contribution in [2.24, 2.45) is 9.88 Å². The Kier molecular flexibility index (Phi) is 7.07. The number of nitrogens with one attached hydrogen (secondary N) is 3. The molecule has 2 heterocycles. The average Bonchev–Trinajstić information content (AvgIpc) is 2.73. The molecule has 0 fully saturated rings. The zero-order valence-electron chi connectivity index (χ0n) is 17.8. The van der Waals surface area contributed by atoms with Crippen molar-refractivity contribution in [2.75, 3.05) is 18.4 Å². The standard InChI is InChI=1S/C21H26N7O2P/c1-21(2,3)30-20(29)25-9-4-8-24-19-15-7-10-23-12-16(15)14-6-5-13(11-17(14)26-19)18(27-22)28-31/h5-7,10-12,22H,4,8-9,31H2,1-3H3,(H,24,26)(H,25,29)/b27-22?,28-18-. The first kappa shape index (κ1) is 22.5. The molecule has 0 aliphatic rings. The number of ether oxygens (including phenoxy) is 1. The summed E-state index contributed by atoms with van der Waals surface area (Å²) >= 11 is 0. The highest BCUT2D eigenvalue weighted by Crippen LogP contribution is 2.29. The third-order valence-corrected chi connectivity index (χ3v) is 4.64. The van der Waals surface area contributed by atoms with Crippen molar-refractivity contribution in [1.29, 1.82) is 5.53 Å². The van der Waals surface area contributed by atoms with Gasteiger partial charge in [-0.05, 0) is 48.7 Å². The highest BCUT2D eigenvalue weighted by atomic mass is 31.0. The third-order valence-electron chi connectivity index (χ3n) is 4.40. The number of amidine groups is 1. The fourth-order valence-electron chi connectivity index (χ4n) is 3.09. The quantitative estimate of drug-likeness (QED) is 0.128. The summed E-state index contributed by atoms with van der Waals surface area (Å²) < 4.78 is 9.19. The summed E-state index contributed by atoms with van der Waals surface area (Å²) in [5.74, 6) is 1.04. The average molecular weight is 439 g/mol. The summed E-state index contributed by atoms with van der Waals surface area (Å²) in [5.41, 5.74) is 8.23. The van der Waals surface area contributed by atoms with E-state index in [-0.39, 0.29) is 0 Å². The normalized spacial score (nSPS) is 12.1. The van der Waals surface area contributed by atoms with E-state index in [0.717, 1.165) is 27.5 Å². The van der Waals surface area contributed by atoms with Gasteiger partial charge >= 0.3 is 6.09 Å². The molecule has 0 saturated heterocycles. The Balaban J connectivity index is 1.77. The van der Waals surface area contributed by atoms with Gasteiger partial charge in [-0.15, -0.1) is 5.11 Å². The van der Waals surface area contributed by atoms with Crippen LogP contribution in [0.4, 0.5) is 10.6 Å². The Morgan fingerprint density at radius 3 is 2.71 bits per heavy atom. The maximum Gasteiger partial charge on any atom is 0.407 e. The molecule has 162 valence electrons.